The topological polar surface area (TPSA) is 128 Å². The molecule has 3 aromatic rings. The first-order valence-corrected chi connectivity index (χ1v) is 10.3. The number of hydrogen-bond donors (Lipinski definition) is 5. The highest BCUT2D eigenvalue weighted by molar-refractivity contribution is 6.40. The van der Waals surface area contributed by atoms with Gasteiger partial charge in [-0.1, -0.05) is 12.1 Å². The molecule has 10 heteroatoms. The molecule has 1 amide bonds. The van der Waals surface area contributed by atoms with Crippen LogP contribution in [0.2, 0.25) is 0 Å². The number of rotatable bonds is 8. The minimum absolute atomic E-state index is 0.241. The molecule has 1 aromatic carbocycles. The summed E-state index contributed by atoms with van der Waals surface area (Å²) >= 11 is 0. The van der Waals surface area contributed by atoms with Gasteiger partial charge in [0.05, 0.1) is 6.20 Å². The summed E-state index contributed by atoms with van der Waals surface area (Å²) in [6.07, 6.45) is 3.00. The number of nitrogens with zero attached hydrogens (tertiary/aromatic N) is 4. The Labute approximate surface area is 178 Å². The van der Waals surface area contributed by atoms with E-state index in [0.29, 0.717) is 17.5 Å². The second-order valence-electron chi connectivity index (χ2n) is 7.80. The number of aliphatic imine (C=N–C) groups is 1. The summed E-state index contributed by atoms with van der Waals surface area (Å²) in [7, 11) is 1.92. The Hall–Kier alpha value is -3.50. The summed E-state index contributed by atoms with van der Waals surface area (Å²) in [6.45, 7) is 0.811. The van der Waals surface area contributed by atoms with Crippen LogP contribution in [-0.4, -0.2) is 50.8 Å². The van der Waals surface area contributed by atoms with Crippen molar-refractivity contribution in [2.24, 2.45) is 4.99 Å². The number of anilines is 3. The number of aliphatic hydroxyl groups is 1. The first kappa shape index (κ1) is 19.5. The lowest BCUT2D eigenvalue weighted by Gasteiger charge is -2.12. The Morgan fingerprint density at radius 2 is 2.06 bits per heavy atom. The number of aromatic nitrogens is 3. The van der Waals surface area contributed by atoms with Gasteiger partial charge >= 0.3 is 0 Å². The van der Waals surface area contributed by atoms with Gasteiger partial charge in [0.25, 0.3) is 5.91 Å². The highest BCUT2D eigenvalue weighted by Crippen LogP contribution is 2.28. The summed E-state index contributed by atoms with van der Waals surface area (Å²) in [5.74, 6) is 1.14. The molecule has 31 heavy (non-hydrogen) atoms. The fourth-order valence-corrected chi connectivity index (χ4v) is 3.54. The minimum atomic E-state index is -1.19. The van der Waals surface area contributed by atoms with Crippen LogP contribution < -0.4 is 21.3 Å². The van der Waals surface area contributed by atoms with Gasteiger partial charge in [0.2, 0.25) is 6.35 Å². The van der Waals surface area contributed by atoms with Gasteiger partial charge in [-0.15, -0.1) is 0 Å². The average molecular weight is 420 g/mol. The quantitative estimate of drug-likeness (QED) is 0.370. The summed E-state index contributed by atoms with van der Waals surface area (Å²) in [4.78, 5) is 20.7. The predicted molar refractivity (Wildman–Crippen MR) is 117 cm³/mol. The number of nitrogens with one attached hydrogen (secondary N) is 4. The Morgan fingerprint density at radius 1 is 1.26 bits per heavy atom. The molecule has 5 rings (SSSR count). The molecule has 160 valence electrons. The van der Waals surface area contributed by atoms with Crippen LogP contribution in [0.1, 0.15) is 24.0 Å². The van der Waals surface area contributed by atoms with Crippen molar-refractivity contribution >= 4 is 34.6 Å². The number of hydrogen-bond acceptors (Lipinski definition) is 8. The van der Waals surface area contributed by atoms with Crippen molar-refractivity contribution < 1.29 is 9.90 Å². The van der Waals surface area contributed by atoms with Gasteiger partial charge < -0.3 is 26.4 Å². The summed E-state index contributed by atoms with van der Waals surface area (Å²) in [5.41, 5.74) is 3.78. The van der Waals surface area contributed by atoms with Crippen LogP contribution in [0.5, 0.6) is 0 Å². The second kappa shape index (κ2) is 7.97. The van der Waals surface area contributed by atoms with E-state index >= 15 is 0 Å². The SMILES string of the molecule is CNCc1ccc(Nc2cc(NC3CC3)n3ncc(CC4=NC(O)NC4=O)c3n2)cc1. The van der Waals surface area contributed by atoms with E-state index in [1.807, 2.05) is 25.2 Å². The Morgan fingerprint density at radius 3 is 2.74 bits per heavy atom. The summed E-state index contributed by atoms with van der Waals surface area (Å²) in [6, 6.07) is 10.5. The lowest BCUT2D eigenvalue weighted by molar-refractivity contribution is -0.116. The molecule has 2 aromatic heterocycles. The summed E-state index contributed by atoms with van der Waals surface area (Å²) in [5, 5.41) is 26.4. The van der Waals surface area contributed by atoms with Crippen LogP contribution in [0.25, 0.3) is 5.65 Å². The van der Waals surface area contributed by atoms with Gasteiger partial charge in [-0.3, -0.25) is 4.79 Å². The maximum atomic E-state index is 12.0. The number of fused-ring (bicyclic) bond motifs is 1. The van der Waals surface area contributed by atoms with E-state index in [1.165, 1.54) is 5.56 Å². The molecule has 1 saturated carbocycles. The van der Waals surface area contributed by atoms with Crippen molar-refractivity contribution in [3.05, 3.63) is 47.7 Å². The third-order valence-electron chi connectivity index (χ3n) is 5.24. The molecule has 10 nitrogen and oxygen atoms in total. The molecular weight excluding hydrogens is 396 g/mol. The van der Waals surface area contributed by atoms with E-state index in [4.69, 9.17) is 4.98 Å². The van der Waals surface area contributed by atoms with Gasteiger partial charge in [-0.05, 0) is 37.6 Å². The first-order chi connectivity index (χ1) is 15.1. The number of aliphatic hydroxyl groups excluding tert-OH is 1. The first-order valence-electron chi connectivity index (χ1n) is 10.3. The van der Waals surface area contributed by atoms with Crippen LogP contribution in [0, 0.1) is 0 Å². The number of benzene rings is 1. The summed E-state index contributed by atoms with van der Waals surface area (Å²) < 4.78 is 1.75. The van der Waals surface area contributed by atoms with Gasteiger partial charge in [-0.2, -0.15) is 9.61 Å². The third kappa shape index (κ3) is 4.21. The van der Waals surface area contributed by atoms with Crippen molar-refractivity contribution in [2.75, 3.05) is 17.7 Å². The third-order valence-corrected chi connectivity index (χ3v) is 5.24. The van der Waals surface area contributed by atoms with E-state index in [-0.39, 0.29) is 18.0 Å². The highest BCUT2D eigenvalue weighted by atomic mass is 16.3. The lowest BCUT2D eigenvalue weighted by atomic mass is 10.1. The van der Waals surface area contributed by atoms with Crippen LogP contribution in [0.3, 0.4) is 0 Å². The second-order valence-corrected chi connectivity index (χ2v) is 7.80. The number of carbonyl (C=O) groups is 1. The van der Waals surface area contributed by atoms with E-state index in [1.54, 1.807) is 10.7 Å². The number of amides is 1. The van der Waals surface area contributed by atoms with Crippen molar-refractivity contribution in [3.63, 3.8) is 0 Å². The van der Waals surface area contributed by atoms with Gasteiger partial charge in [-0.25, -0.2) is 9.98 Å². The van der Waals surface area contributed by atoms with Crippen LogP contribution in [0.4, 0.5) is 17.3 Å². The van der Waals surface area contributed by atoms with Crippen LogP contribution in [-0.2, 0) is 17.8 Å². The maximum absolute atomic E-state index is 12.0. The van der Waals surface area contributed by atoms with Crippen molar-refractivity contribution in [3.8, 4) is 0 Å². The molecule has 0 saturated heterocycles. The van der Waals surface area contributed by atoms with E-state index in [2.05, 4.69) is 43.5 Å². The predicted octanol–water partition coefficient (Wildman–Crippen LogP) is 1.16. The Kier molecular flexibility index (Phi) is 5.00. The molecule has 3 heterocycles. The van der Waals surface area contributed by atoms with Gasteiger partial charge in [0.1, 0.15) is 17.3 Å². The lowest BCUT2D eigenvalue weighted by Crippen LogP contribution is -2.29. The van der Waals surface area contributed by atoms with Crippen LogP contribution >= 0.6 is 0 Å². The zero-order chi connectivity index (χ0) is 21.4. The van der Waals surface area contributed by atoms with Crippen molar-refractivity contribution in [2.45, 2.75) is 38.2 Å². The zero-order valence-electron chi connectivity index (χ0n) is 17.1. The molecule has 0 bridgehead atoms. The molecule has 1 unspecified atom stereocenters. The van der Waals surface area contributed by atoms with Crippen molar-refractivity contribution in [1.29, 1.82) is 0 Å². The molecule has 5 N–H and O–H groups in total. The number of carbonyl (C=O) groups excluding carboxylic acids is 1. The zero-order valence-corrected chi connectivity index (χ0v) is 17.1. The molecule has 1 atom stereocenters. The fourth-order valence-electron chi connectivity index (χ4n) is 3.54. The standard InChI is InChI=1S/C21H24N8O2/c1-22-10-12-2-4-14(5-3-12)24-17-9-18(25-15-6-7-15)29-19(27-17)13(11-23-29)8-16-20(30)28-21(31)26-16/h2-5,9,11,15,21-22,25,31H,6-8,10H2,1H3,(H,24,27)(H,28,30). The Bertz CT molecular complexity index is 1150. The molecule has 1 aliphatic heterocycles. The minimum Gasteiger partial charge on any atom is -0.367 e. The molecule has 0 radical (unpaired) electrons. The average Bonchev–Trinajstić information content (AvgIpc) is 3.38. The molecule has 0 spiro atoms. The smallest absolute Gasteiger partial charge is 0.269 e. The van der Waals surface area contributed by atoms with Gasteiger partial charge in [0.15, 0.2) is 5.65 Å². The van der Waals surface area contributed by atoms with Crippen molar-refractivity contribution in [1.82, 2.24) is 25.2 Å². The van der Waals surface area contributed by atoms with E-state index < -0.39 is 6.35 Å². The Balaban J connectivity index is 1.47. The maximum Gasteiger partial charge on any atom is 0.269 e. The molecule has 2 aliphatic rings. The monoisotopic (exact) mass is 420 g/mol. The molecule has 1 aliphatic carbocycles. The molecule has 1 fully saturated rings. The largest absolute Gasteiger partial charge is 0.367 e. The fraction of sp³-hybridized carbons (Fsp3) is 0.333. The van der Waals surface area contributed by atoms with E-state index in [9.17, 15) is 9.90 Å². The highest BCUT2D eigenvalue weighted by Gasteiger charge is 2.26. The van der Waals surface area contributed by atoms with E-state index in [0.717, 1.165) is 36.5 Å². The molecular formula is C21H24N8O2. The van der Waals surface area contributed by atoms with Gasteiger partial charge in [0, 0.05) is 36.3 Å². The normalized spacial score (nSPS) is 18.2. The van der Waals surface area contributed by atoms with Crippen LogP contribution in [0.15, 0.2) is 41.5 Å².